The molecule has 5 rings (SSSR count). The molecule has 0 spiro atoms. The highest BCUT2D eigenvalue weighted by Crippen LogP contribution is 2.45. The summed E-state index contributed by atoms with van der Waals surface area (Å²) >= 11 is 0. The maximum absolute atomic E-state index is 13.4. The molecular formula is C25H29ClN4O. The van der Waals surface area contributed by atoms with Gasteiger partial charge in [0.2, 0.25) is 0 Å². The lowest BCUT2D eigenvalue weighted by Gasteiger charge is -2.28. The maximum atomic E-state index is 13.4. The van der Waals surface area contributed by atoms with Crippen LogP contribution < -0.4 is 0 Å². The van der Waals surface area contributed by atoms with Crippen molar-refractivity contribution in [2.45, 2.75) is 13.0 Å². The summed E-state index contributed by atoms with van der Waals surface area (Å²) in [6.07, 6.45) is 0. The fourth-order valence-corrected chi connectivity index (χ4v) is 5.39. The molecule has 5 nitrogen and oxygen atoms in total. The third-order valence-corrected chi connectivity index (χ3v) is 6.86. The van der Waals surface area contributed by atoms with Gasteiger partial charge in [0, 0.05) is 44.2 Å². The van der Waals surface area contributed by atoms with Gasteiger partial charge in [-0.25, -0.2) is 0 Å². The number of aromatic nitrogens is 2. The molecule has 2 aliphatic rings. The Morgan fingerprint density at radius 2 is 1.68 bits per heavy atom. The average molecular weight is 437 g/mol. The molecule has 3 heterocycles. The number of fused-ring (bicyclic) bond motifs is 1. The third kappa shape index (κ3) is 3.77. The molecule has 0 saturated carbocycles. The molecule has 31 heavy (non-hydrogen) atoms. The van der Waals surface area contributed by atoms with Gasteiger partial charge >= 0.3 is 0 Å². The Bertz CT molecular complexity index is 1080. The molecule has 2 aromatic carbocycles. The summed E-state index contributed by atoms with van der Waals surface area (Å²) in [5.41, 5.74) is 5.27. The van der Waals surface area contributed by atoms with Crippen LogP contribution >= 0.6 is 12.4 Å². The smallest absolute Gasteiger partial charge is 0.272 e. The zero-order chi connectivity index (χ0) is 20.8. The van der Waals surface area contributed by atoms with Gasteiger partial charge in [-0.05, 0) is 37.1 Å². The van der Waals surface area contributed by atoms with Crippen molar-refractivity contribution >= 4 is 18.3 Å². The molecule has 0 N–H and O–H groups in total. The number of carbonyl (C=O) groups excluding carboxylic acids is 1. The van der Waals surface area contributed by atoms with E-state index in [4.69, 9.17) is 0 Å². The van der Waals surface area contributed by atoms with E-state index >= 15 is 0 Å². The van der Waals surface area contributed by atoms with Crippen LogP contribution in [-0.4, -0.2) is 52.2 Å². The van der Waals surface area contributed by atoms with Crippen LogP contribution in [0.3, 0.4) is 0 Å². The number of nitrogens with zero attached hydrogens (tertiary/aromatic N) is 4. The van der Waals surface area contributed by atoms with Crippen LogP contribution in [0.2, 0.25) is 0 Å². The summed E-state index contributed by atoms with van der Waals surface area (Å²) in [5.74, 6) is 1.08. The number of amides is 1. The van der Waals surface area contributed by atoms with Gasteiger partial charge in [-0.15, -0.1) is 12.4 Å². The highest BCUT2D eigenvalue weighted by Gasteiger charge is 2.47. The number of halogens is 1. The molecule has 2 aliphatic heterocycles. The van der Waals surface area contributed by atoms with Crippen molar-refractivity contribution < 1.29 is 4.79 Å². The maximum Gasteiger partial charge on any atom is 0.272 e. The molecule has 2 saturated heterocycles. The second-order valence-corrected chi connectivity index (χ2v) is 8.78. The van der Waals surface area contributed by atoms with Gasteiger partial charge in [-0.3, -0.25) is 14.4 Å². The van der Waals surface area contributed by atoms with Crippen LogP contribution in [0, 0.1) is 18.8 Å². The molecule has 0 bridgehead atoms. The molecular weight excluding hydrogens is 408 g/mol. The van der Waals surface area contributed by atoms with Gasteiger partial charge in [0.05, 0.1) is 5.69 Å². The highest BCUT2D eigenvalue weighted by molar-refractivity contribution is 5.94. The fraction of sp³-hybridized carbons (Fsp3) is 0.360. The van der Waals surface area contributed by atoms with Crippen molar-refractivity contribution in [3.8, 4) is 11.3 Å². The summed E-state index contributed by atoms with van der Waals surface area (Å²) in [6.45, 7) is 4.85. The largest absolute Gasteiger partial charge is 0.337 e. The number of hydrogen-bond donors (Lipinski definition) is 0. The zero-order valence-corrected chi connectivity index (χ0v) is 19.0. The predicted octanol–water partition coefficient (Wildman–Crippen LogP) is 4.19. The van der Waals surface area contributed by atoms with E-state index < -0.39 is 0 Å². The Labute approximate surface area is 190 Å². The minimum atomic E-state index is 0. The molecule has 1 aromatic heterocycles. The summed E-state index contributed by atoms with van der Waals surface area (Å²) in [6, 6.07) is 21.0. The van der Waals surface area contributed by atoms with Crippen molar-refractivity contribution in [3.05, 3.63) is 77.5 Å². The minimum absolute atomic E-state index is 0. The summed E-state index contributed by atoms with van der Waals surface area (Å²) in [5, 5.41) is 4.59. The summed E-state index contributed by atoms with van der Waals surface area (Å²) < 4.78 is 1.73. The van der Waals surface area contributed by atoms with E-state index in [0.717, 1.165) is 30.9 Å². The van der Waals surface area contributed by atoms with Crippen molar-refractivity contribution in [2.24, 2.45) is 18.9 Å². The topological polar surface area (TPSA) is 41.4 Å². The van der Waals surface area contributed by atoms with Gasteiger partial charge in [-0.2, -0.15) is 5.10 Å². The number of carbonyl (C=O) groups is 1. The quantitative estimate of drug-likeness (QED) is 0.618. The first-order valence-electron chi connectivity index (χ1n) is 10.7. The first-order valence-corrected chi connectivity index (χ1v) is 10.7. The number of benzene rings is 2. The first kappa shape index (κ1) is 21.6. The van der Waals surface area contributed by atoms with Crippen molar-refractivity contribution in [1.29, 1.82) is 0 Å². The highest BCUT2D eigenvalue weighted by atomic mass is 35.5. The molecule has 3 atom stereocenters. The molecule has 2 fully saturated rings. The SMILES string of the molecule is Cc1ccccc1[C@@H]1[C@@H]2CN(C(=O)c3cc(-c4ccccc4)nn3C)C[C@@H]2CN1C.Cl. The Hall–Kier alpha value is -2.63. The van der Waals surface area contributed by atoms with Crippen molar-refractivity contribution in [1.82, 2.24) is 19.6 Å². The molecule has 6 heteroatoms. The van der Waals surface area contributed by atoms with E-state index in [2.05, 4.69) is 48.2 Å². The van der Waals surface area contributed by atoms with Crippen LogP contribution in [0.25, 0.3) is 11.3 Å². The van der Waals surface area contributed by atoms with Gasteiger partial charge in [0.15, 0.2) is 0 Å². The Morgan fingerprint density at radius 3 is 2.42 bits per heavy atom. The van der Waals surface area contributed by atoms with Gasteiger partial charge < -0.3 is 4.90 Å². The van der Waals surface area contributed by atoms with Crippen molar-refractivity contribution in [2.75, 3.05) is 26.7 Å². The van der Waals surface area contributed by atoms with Crippen LogP contribution in [0.1, 0.15) is 27.7 Å². The van der Waals surface area contributed by atoms with Gasteiger partial charge in [0.1, 0.15) is 5.69 Å². The first-order chi connectivity index (χ1) is 14.5. The van der Waals surface area contributed by atoms with E-state index in [0.29, 0.717) is 23.6 Å². The van der Waals surface area contributed by atoms with Gasteiger partial charge in [-0.1, -0.05) is 54.6 Å². The van der Waals surface area contributed by atoms with Crippen LogP contribution in [0.15, 0.2) is 60.7 Å². The Kier molecular flexibility index (Phi) is 5.91. The normalized spacial score (nSPS) is 22.9. The lowest BCUT2D eigenvalue weighted by atomic mass is 9.88. The van der Waals surface area contributed by atoms with E-state index in [-0.39, 0.29) is 18.3 Å². The van der Waals surface area contributed by atoms with Crippen LogP contribution in [0.5, 0.6) is 0 Å². The third-order valence-electron chi connectivity index (χ3n) is 6.86. The van der Waals surface area contributed by atoms with E-state index in [9.17, 15) is 4.79 Å². The molecule has 162 valence electrons. The zero-order valence-electron chi connectivity index (χ0n) is 18.2. The van der Waals surface area contributed by atoms with E-state index in [1.165, 1.54) is 11.1 Å². The monoisotopic (exact) mass is 436 g/mol. The Balaban J connectivity index is 0.00000231. The number of rotatable bonds is 3. The van der Waals surface area contributed by atoms with Crippen molar-refractivity contribution in [3.63, 3.8) is 0 Å². The van der Waals surface area contributed by atoms with Crippen LogP contribution in [-0.2, 0) is 7.05 Å². The predicted molar refractivity (Wildman–Crippen MR) is 125 cm³/mol. The van der Waals surface area contributed by atoms with Crippen LogP contribution in [0.4, 0.5) is 0 Å². The van der Waals surface area contributed by atoms with Gasteiger partial charge in [0.25, 0.3) is 5.91 Å². The Morgan fingerprint density at radius 1 is 0.968 bits per heavy atom. The molecule has 0 radical (unpaired) electrons. The lowest BCUT2D eigenvalue weighted by Crippen LogP contribution is -2.34. The fourth-order valence-electron chi connectivity index (χ4n) is 5.39. The second-order valence-electron chi connectivity index (χ2n) is 8.78. The van der Waals surface area contributed by atoms with E-state index in [1.807, 2.05) is 48.3 Å². The molecule has 3 aromatic rings. The molecule has 1 amide bonds. The lowest BCUT2D eigenvalue weighted by molar-refractivity contribution is 0.0757. The minimum Gasteiger partial charge on any atom is -0.337 e. The standard InChI is InChI=1S/C25H28N4O.ClH/c1-17-9-7-8-12-20(17)24-21-16-29(15-19(21)14-27(24)2)25(30)23-13-22(26-28(23)3)18-10-5-4-6-11-18;/h4-13,19,21,24H,14-16H2,1-3H3;1H/t19-,21+,24+;/m0./s1. The molecule has 0 aliphatic carbocycles. The van der Waals surface area contributed by atoms with E-state index in [1.54, 1.807) is 4.68 Å². The average Bonchev–Trinajstić information content (AvgIpc) is 3.41. The number of hydrogen-bond acceptors (Lipinski definition) is 3. The number of aryl methyl sites for hydroxylation is 2. The second kappa shape index (κ2) is 8.48. The summed E-state index contributed by atoms with van der Waals surface area (Å²) in [4.78, 5) is 17.9. The number of likely N-dealkylation sites (tertiary alicyclic amines) is 2. The summed E-state index contributed by atoms with van der Waals surface area (Å²) in [7, 11) is 4.08. The molecule has 0 unspecified atom stereocenters.